The van der Waals surface area contributed by atoms with Gasteiger partial charge in [-0.15, -0.1) is 11.3 Å². The average Bonchev–Trinajstić information content (AvgIpc) is 3.15. The van der Waals surface area contributed by atoms with Crippen molar-refractivity contribution in [3.05, 3.63) is 52.0 Å². The SMILES string of the molecule is O=C(c1csc(C2CC2)n1)N1CCC(C(=O)O)(c2ccccc2)C1. The van der Waals surface area contributed by atoms with E-state index >= 15 is 0 Å². The molecular formula is C18H18N2O3S. The number of nitrogens with zero attached hydrogens (tertiary/aromatic N) is 2. The second kappa shape index (κ2) is 5.70. The van der Waals surface area contributed by atoms with Crippen LogP contribution in [0.5, 0.6) is 0 Å². The fraction of sp³-hybridized carbons (Fsp3) is 0.389. The molecule has 2 aliphatic rings. The Hall–Kier alpha value is -2.21. The van der Waals surface area contributed by atoms with Gasteiger partial charge in [0, 0.05) is 24.4 Å². The summed E-state index contributed by atoms with van der Waals surface area (Å²) < 4.78 is 0. The fourth-order valence-corrected chi connectivity index (χ4v) is 4.30. The van der Waals surface area contributed by atoms with Crippen molar-refractivity contribution in [3.63, 3.8) is 0 Å². The third kappa shape index (κ3) is 2.51. The first kappa shape index (κ1) is 15.3. The molecule has 1 unspecified atom stereocenters. The van der Waals surface area contributed by atoms with Gasteiger partial charge < -0.3 is 10.0 Å². The van der Waals surface area contributed by atoms with E-state index in [1.165, 1.54) is 11.3 Å². The Labute approximate surface area is 143 Å². The van der Waals surface area contributed by atoms with Crippen molar-refractivity contribution in [2.24, 2.45) is 0 Å². The van der Waals surface area contributed by atoms with Crippen LogP contribution in [-0.4, -0.2) is 40.0 Å². The zero-order valence-corrected chi connectivity index (χ0v) is 14.0. The normalized spacial score (nSPS) is 23.4. The Kier molecular flexibility index (Phi) is 3.64. The van der Waals surface area contributed by atoms with E-state index in [1.54, 1.807) is 10.3 Å². The summed E-state index contributed by atoms with van der Waals surface area (Å²) in [6.45, 7) is 0.637. The number of aromatic nitrogens is 1. The average molecular weight is 342 g/mol. The Balaban J connectivity index is 1.57. The monoisotopic (exact) mass is 342 g/mol. The van der Waals surface area contributed by atoms with Crippen molar-refractivity contribution in [3.8, 4) is 0 Å². The number of hydrogen-bond donors (Lipinski definition) is 1. The van der Waals surface area contributed by atoms with Crippen molar-refractivity contribution in [2.45, 2.75) is 30.6 Å². The van der Waals surface area contributed by atoms with E-state index in [-0.39, 0.29) is 12.5 Å². The summed E-state index contributed by atoms with van der Waals surface area (Å²) in [6, 6.07) is 9.21. The van der Waals surface area contributed by atoms with Gasteiger partial charge in [0.05, 0.1) is 5.01 Å². The molecule has 124 valence electrons. The molecule has 6 heteroatoms. The van der Waals surface area contributed by atoms with Crippen LogP contribution in [0.2, 0.25) is 0 Å². The van der Waals surface area contributed by atoms with Gasteiger partial charge >= 0.3 is 5.97 Å². The summed E-state index contributed by atoms with van der Waals surface area (Å²) in [4.78, 5) is 30.8. The molecule has 1 aromatic carbocycles. The maximum atomic E-state index is 12.7. The third-order valence-electron chi connectivity index (χ3n) is 4.96. The van der Waals surface area contributed by atoms with Gasteiger partial charge in [0.15, 0.2) is 0 Å². The Bertz CT molecular complexity index is 785. The molecule has 4 rings (SSSR count). The molecule has 1 aromatic heterocycles. The zero-order chi connectivity index (χ0) is 16.7. The lowest BCUT2D eigenvalue weighted by Crippen LogP contribution is -2.40. The Morgan fingerprint density at radius 3 is 2.67 bits per heavy atom. The van der Waals surface area contributed by atoms with Crippen molar-refractivity contribution >= 4 is 23.2 Å². The lowest BCUT2D eigenvalue weighted by Gasteiger charge is -2.25. The number of aliphatic carboxylic acids is 1. The first-order chi connectivity index (χ1) is 11.6. The second-order valence-electron chi connectivity index (χ2n) is 6.58. The van der Waals surface area contributed by atoms with Crippen LogP contribution in [0.15, 0.2) is 35.7 Å². The smallest absolute Gasteiger partial charge is 0.316 e. The highest BCUT2D eigenvalue weighted by Crippen LogP contribution is 2.42. The molecule has 1 atom stereocenters. The van der Waals surface area contributed by atoms with E-state index in [4.69, 9.17) is 0 Å². The molecule has 2 fully saturated rings. The molecule has 0 spiro atoms. The van der Waals surface area contributed by atoms with Gasteiger partial charge in [0.1, 0.15) is 11.1 Å². The molecule has 0 bridgehead atoms. The van der Waals surface area contributed by atoms with Gasteiger partial charge in [0.2, 0.25) is 0 Å². The molecule has 24 heavy (non-hydrogen) atoms. The first-order valence-electron chi connectivity index (χ1n) is 8.14. The molecule has 1 amide bonds. The summed E-state index contributed by atoms with van der Waals surface area (Å²) >= 11 is 1.53. The first-order valence-corrected chi connectivity index (χ1v) is 9.02. The van der Waals surface area contributed by atoms with E-state index in [0.29, 0.717) is 24.6 Å². The highest BCUT2D eigenvalue weighted by molar-refractivity contribution is 7.10. The molecule has 1 saturated carbocycles. The van der Waals surface area contributed by atoms with Gasteiger partial charge in [-0.3, -0.25) is 9.59 Å². The summed E-state index contributed by atoms with van der Waals surface area (Å²) in [5.74, 6) is -0.504. The van der Waals surface area contributed by atoms with Gasteiger partial charge in [-0.25, -0.2) is 4.98 Å². The molecule has 1 aliphatic heterocycles. The van der Waals surface area contributed by atoms with Crippen LogP contribution in [0.1, 0.15) is 46.2 Å². The highest BCUT2D eigenvalue weighted by Gasteiger charge is 2.48. The number of hydrogen-bond acceptors (Lipinski definition) is 4. The van der Waals surface area contributed by atoms with Crippen LogP contribution in [-0.2, 0) is 10.2 Å². The summed E-state index contributed by atoms with van der Waals surface area (Å²) in [5, 5.41) is 12.7. The second-order valence-corrected chi connectivity index (χ2v) is 7.46. The molecular weight excluding hydrogens is 324 g/mol. The topological polar surface area (TPSA) is 70.5 Å². The van der Waals surface area contributed by atoms with Crippen molar-refractivity contribution in [1.29, 1.82) is 0 Å². The molecule has 5 nitrogen and oxygen atoms in total. The van der Waals surface area contributed by atoms with Crippen LogP contribution < -0.4 is 0 Å². The fourth-order valence-electron chi connectivity index (χ4n) is 3.34. The Morgan fingerprint density at radius 1 is 1.25 bits per heavy atom. The van der Waals surface area contributed by atoms with Crippen molar-refractivity contribution in [2.75, 3.05) is 13.1 Å². The standard InChI is InChI=1S/C18H18N2O3S/c21-16(14-10-24-15(19-14)12-6-7-12)20-9-8-18(11-20,17(22)23)13-4-2-1-3-5-13/h1-5,10,12H,6-9,11H2,(H,22,23). The molecule has 2 aromatic rings. The summed E-state index contributed by atoms with van der Waals surface area (Å²) in [7, 11) is 0. The van der Waals surface area contributed by atoms with Gasteiger partial charge in [0.25, 0.3) is 5.91 Å². The molecule has 1 aliphatic carbocycles. The predicted octanol–water partition coefficient (Wildman–Crippen LogP) is 2.89. The van der Waals surface area contributed by atoms with Crippen molar-refractivity contribution < 1.29 is 14.7 Å². The maximum Gasteiger partial charge on any atom is 0.316 e. The largest absolute Gasteiger partial charge is 0.481 e. The summed E-state index contributed by atoms with van der Waals surface area (Å²) in [6.07, 6.45) is 2.74. The number of carboxylic acid groups (broad SMARTS) is 1. The van der Waals surface area contributed by atoms with E-state index in [0.717, 1.165) is 23.4 Å². The van der Waals surface area contributed by atoms with Crippen LogP contribution in [0.25, 0.3) is 0 Å². The highest BCUT2D eigenvalue weighted by atomic mass is 32.1. The number of rotatable bonds is 4. The predicted molar refractivity (Wildman–Crippen MR) is 90.4 cm³/mol. The van der Waals surface area contributed by atoms with Gasteiger partial charge in [-0.05, 0) is 24.8 Å². The number of carboxylic acids is 1. The minimum absolute atomic E-state index is 0.155. The van der Waals surface area contributed by atoms with Gasteiger partial charge in [-0.2, -0.15) is 0 Å². The van der Waals surface area contributed by atoms with E-state index < -0.39 is 11.4 Å². The number of thiazole rings is 1. The van der Waals surface area contributed by atoms with Crippen LogP contribution in [0.3, 0.4) is 0 Å². The van der Waals surface area contributed by atoms with Gasteiger partial charge in [-0.1, -0.05) is 30.3 Å². The van der Waals surface area contributed by atoms with Crippen molar-refractivity contribution in [1.82, 2.24) is 9.88 Å². The number of amides is 1. The minimum Gasteiger partial charge on any atom is -0.481 e. The minimum atomic E-state index is -1.02. The maximum absolute atomic E-state index is 12.7. The molecule has 2 heterocycles. The molecule has 1 N–H and O–H groups in total. The van der Waals surface area contributed by atoms with E-state index in [2.05, 4.69) is 4.98 Å². The third-order valence-corrected chi connectivity index (χ3v) is 5.97. The number of carbonyl (C=O) groups excluding carboxylic acids is 1. The number of likely N-dealkylation sites (tertiary alicyclic amines) is 1. The molecule has 1 saturated heterocycles. The van der Waals surface area contributed by atoms with E-state index in [1.807, 2.05) is 30.3 Å². The van der Waals surface area contributed by atoms with Crippen LogP contribution in [0.4, 0.5) is 0 Å². The number of benzene rings is 1. The number of carbonyl (C=O) groups is 2. The quantitative estimate of drug-likeness (QED) is 0.927. The van der Waals surface area contributed by atoms with E-state index in [9.17, 15) is 14.7 Å². The Morgan fingerprint density at radius 2 is 2.00 bits per heavy atom. The summed E-state index contributed by atoms with van der Waals surface area (Å²) in [5.41, 5.74) is 0.188. The lowest BCUT2D eigenvalue weighted by molar-refractivity contribution is -0.143. The van der Waals surface area contributed by atoms with Crippen LogP contribution >= 0.6 is 11.3 Å². The van der Waals surface area contributed by atoms with Crippen LogP contribution in [0, 0.1) is 0 Å². The lowest BCUT2D eigenvalue weighted by atomic mass is 9.80. The zero-order valence-electron chi connectivity index (χ0n) is 13.1. The molecule has 0 radical (unpaired) electrons.